The number of nitrogens with zero attached hydrogens (tertiary/aromatic N) is 1. The van der Waals surface area contributed by atoms with Crippen molar-refractivity contribution in [3.8, 4) is 0 Å². The van der Waals surface area contributed by atoms with Crippen LogP contribution in [0.3, 0.4) is 0 Å². The van der Waals surface area contributed by atoms with E-state index in [0.29, 0.717) is 0 Å². The van der Waals surface area contributed by atoms with Crippen molar-refractivity contribution in [2.75, 3.05) is 6.54 Å². The number of hydrogen-bond acceptors (Lipinski definition) is 2. The quantitative estimate of drug-likeness (QED) is 0.719. The summed E-state index contributed by atoms with van der Waals surface area (Å²) in [6.45, 7) is 4.85. The van der Waals surface area contributed by atoms with E-state index in [1.54, 1.807) is 0 Å². The molecule has 0 radical (unpaired) electrons. The Labute approximate surface area is 91.9 Å². The van der Waals surface area contributed by atoms with Gasteiger partial charge in [0.15, 0.2) is 0 Å². The summed E-state index contributed by atoms with van der Waals surface area (Å²) in [5, 5.41) is 0. The molecule has 0 spiro atoms. The molecule has 1 aromatic rings. The van der Waals surface area contributed by atoms with E-state index in [4.69, 9.17) is 0 Å². The molecule has 1 aliphatic rings. The average molecular weight is 223 g/mol. The number of benzene rings is 1. The van der Waals surface area contributed by atoms with Gasteiger partial charge >= 0.3 is 0 Å². The molecule has 82 valence electrons. The van der Waals surface area contributed by atoms with Gasteiger partial charge in [-0.15, -0.1) is 0 Å². The van der Waals surface area contributed by atoms with Crippen molar-refractivity contribution in [3.63, 3.8) is 0 Å². The maximum absolute atomic E-state index is 12.9. The Bertz CT molecular complexity index is 456. The molecular formula is C12H17NOS. The fourth-order valence-corrected chi connectivity index (χ4v) is 4.48. The summed E-state index contributed by atoms with van der Waals surface area (Å²) in [5.74, 6) is 0. The van der Waals surface area contributed by atoms with Crippen LogP contribution in [0.2, 0.25) is 0 Å². The Morgan fingerprint density at radius 1 is 1.27 bits per heavy atom. The normalized spacial score (nSPS) is 29.5. The van der Waals surface area contributed by atoms with Crippen molar-refractivity contribution in [1.29, 1.82) is 0 Å². The van der Waals surface area contributed by atoms with Gasteiger partial charge in [0.05, 0.1) is 14.5 Å². The smallest absolute Gasteiger partial charge is 0.0804 e. The van der Waals surface area contributed by atoms with Gasteiger partial charge in [-0.3, -0.25) is 0 Å². The molecule has 2 rings (SSSR count). The van der Waals surface area contributed by atoms with Gasteiger partial charge in [0.1, 0.15) is 0 Å². The fourth-order valence-electron chi connectivity index (χ4n) is 2.01. The van der Waals surface area contributed by atoms with Crippen LogP contribution in [-0.4, -0.2) is 15.5 Å². The molecule has 3 heteroatoms. The van der Waals surface area contributed by atoms with Crippen LogP contribution in [0.15, 0.2) is 39.6 Å². The Morgan fingerprint density at radius 2 is 1.93 bits per heavy atom. The second-order valence-electron chi connectivity index (χ2n) is 4.55. The standard InChI is InChI=1S/C12H17NOS/c1-12(2)9-6-10-13-15(12,14)11-7-4-3-5-8-11/h3-5,7-8H,6,9-10H2,1-2H3. The summed E-state index contributed by atoms with van der Waals surface area (Å²) in [6, 6.07) is 9.67. The minimum Gasteiger partial charge on any atom is -0.244 e. The summed E-state index contributed by atoms with van der Waals surface area (Å²) in [6.07, 6.45) is 2.04. The van der Waals surface area contributed by atoms with E-state index in [1.807, 2.05) is 30.3 Å². The van der Waals surface area contributed by atoms with E-state index in [-0.39, 0.29) is 4.75 Å². The first-order chi connectivity index (χ1) is 7.06. The Kier molecular flexibility index (Phi) is 2.59. The van der Waals surface area contributed by atoms with Crippen LogP contribution in [0.1, 0.15) is 26.7 Å². The molecule has 0 N–H and O–H groups in total. The number of hydrogen-bond donors (Lipinski definition) is 0. The third-order valence-corrected chi connectivity index (χ3v) is 6.18. The SMILES string of the molecule is CC1(C)CCCN=S1(=O)c1ccccc1. The maximum Gasteiger partial charge on any atom is 0.0804 e. The zero-order valence-electron chi connectivity index (χ0n) is 9.27. The van der Waals surface area contributed by atoms with Crippen molar-refractivity contribution in [1.82, 2.24) is 0 Å². The van der Waals surface area contributed by atoms with Crippen molar-refractivity contribution < 1.29 is 4.21 Å². The van der Waals surface area contributed by atoms with Crippen LogP contribution in [0.25, 0.3) is 0 Å². The topological polar surface area (TPSA) is 29.4 Å². The second-order valence-corrected chi connectivity index (χ2v) is 7.44. The first-order valence-corrected chi connectivity index (χ1v) is 6.85. The summed E-state index contributed by atoms with van der Waals surface area (Å²) in [5.41, 5.74) is 0. The zero-order chi connectivity index (χ0) is 10.9. The van der Waals surface area contributed by atoms with Gasteiger partial charge in [-0.1, -0.05) is 18.2 Å². The molecule has 0 saturated heterocycles. The Morgan fingerprint density at radius 3 is 2.53 bits per heavy atom. The van der Waals surface area contributed by atoms with E-state index in [1.165, 1.54) is 0 Å². The fraction of sp³-hybridized carbons (Fsp3) is 0.500. The lowest BCUT2D eigenvalue weighted by atomic mass is 10.1. The second kappa shape index (κ2) is 3.63. The van der Waals surface area contributed by atoms with Gasteiger partial charge in [0.2, 0.25) is 0 Å². The highest BCUT2D eigenvalue weighted by atomic mass is 32.2. The largest absolute Gasteiger partial charge is 0.244 e. The lowest BCUT2D eigenvalue weighted by Crippen LogP contribution is -2.34. The monoisotopic (exact) mass is 223 g/mol. The predicted molar refractivity (Wildman–Crippen MR) is 63.5 cm³/mol. The van der Waals surface area contributed by atoms with Crippen LogP contribution in [0.4, 0.5) is 0 Å². The van der Waals surface area contributed by atoms with Crippen LogP contribution in [0.5, 0.6) is 0 Å². The van der Waals surface area contributed by atoms with Crippen LogP contribution < -0.4 is 0 Å². The lowest BCUT2D eigenvalue weighted by Gasteiger charge is -2.32. The van der Waals surface area contributed by atoms with Gasteiger partial charge in [0, 0.05) is 11.4 Å². The van der Waals surface area contributed by atoms with Crippen LogP contribution >= 0.6 is 0 Å². The molecule has 1 atom stereocenters. The molecule has 1 aromatic carbocycles. The molecule has 0 aliphatic carbocycles. The van der Waals surface area contributed by atoms with Crippen molar-refractivity contribution in [3.05, 3.63) is 30.3 Å². The van der Waals surface area contributed by atoms with Crippen LogP contribution in [0, 0.1) is 0 Å². The molecule has 15 heavy (non-hydrogen) atoms. The molecule has 0 bridgehead atoms. The van der Waals surface area contributed by atoms with Gasteiger partial charge in [-0.2, -0.15) is 0 Å². The van der Waals surface area contributed by atoms with E-state index < -0.39 is 9.73 Å². The average Bonchev–Trinajstić information content (AvgIpc) is 2.24. The van der Waals surface area contributed by atoms with E-state index in [9.17, 15) is 4.21 Å². The van der Waals surface area contributed by atoms with Crippen LogP contribution in [-0.2, 0) is 9.73 Å². The summed E-state index contributed by atoms with van der Waals surface area (Å²) in [4.78, 5) is 0.884. The van der Waals surface area contributed by atoms with Crippen molar-refractivity contribution >= 4 is 9.73 Å². The minimum absolute atomic E-state index is 0.202. The van der Waals surface area contributed by atoms with Gasteiger partial charge in [-0.05, 0) is 38.8 Å². The minimum atomic E-state index is -2.22. The summed E-state index contributed by atoms with van der Waals surface area (Å²) < 4.78 is 17.1. The highest BCUT2D eigenvalue weighted by Gasteiger charge is 2.35. The predicted octanol–water partition coefficient (Wildman–Crippen LogP) is 3.09. The molecule has 1 unspecified atom stereocenters. The Balaban J connectivity index is 2.60. The highest BCUT2D eigenvalue weighted by Crippen LogP contribution is 2.34. The third kappa shape index (κ3) is 1.69. The summed E-state index contributed by atoms with van der Waals surface area (Å²) >= 11 is 0. The van der Waals surface area contributed by atoms with E-state index >= 15 is 0 Å². The maximum atomic E-state index is 12.9. The van der Waals surface area contributed by atoms with Gasteiger partial charge in [-0.25, -0.2) is 8.57 Å². The molecule has 1 heterocycles. The molecule has 0 fully saturated rings. The Hall–Kier alpha value is -0.830. The van der Waals surface area contributed by atoms with E-state index in [0.717, 1.165) is 24.3 Å². The van der Waals surface area contributed by atoms with Crippen molar-refractivity contribution in [2.45, 2.75) is 36.3 Å². The van der Waals surface area contributed by atoms with E-state index in [2.05, 4.69) is 18.2 Å². The molecule has 0 saturated carbocycles. The first kappa shape index (κ1) is 10.7. The molecule has 1 aliphatic heterocycles. The molecule has 2 nitrogen and oxygen atoms in total. The van der Waals surface area contributed by atoms with Gasteiger partial charge in [0.25, 0.3) is 0 Å². The third-order valence-electron chi connectivity index (χ3n) is 3.02. The zero-order valence-corrected chi connectivity index (χ0v) is 10.1. The number of rotatable bonds is 1. The molecular weight excluding hydrogens is 206 g/mol. The first-order valence-electron chi connectivity index (χ1n) is 5.34. The highest BCUT2D eigenvalue weighted by molar-refractivity contribution is 7.95. The summed E-state index contributed by atoms with van der Waals surface area (Å²) in [7, 11) is -2.22. The molecule has 0 amide bonds. The molecule has 0 aromatic heterocycles. The lowest BCUT2D eigenvalue weighted by molar-refractivity contribution is 0.544. The van der Waals surface area contributed by atoms with Gasteiger partial charge < -0.3 is 0 Å². The van der Waals surface area contributed by atoms with Crippen molar-refractivity contribution in [2.24, 2.45) is 4.36 Å².